The van der Waals surface area contributed by atoms with Crippen LogP contribution in [0, 0.1) is 5.92 Å². The van der Waals surface area contributed by atoms with Gasteiger partial charge in [-0.05, 0) is 70.1 Å². The number of piperidine rings is 2. The maximum absolute atomic E-state index is 13.1. The van der Waals surface area contributed by atoms with Gasteiger partial charge in [-0.3, -0.25) is 9.78 Å². The van der Waals surface area contributed by atoms with Gasteiger partial charge in [-0.25, -0.2) is 0 Å². The number of hydrogen-bond acceptors (Lipinski definition) is 6. The van der Waals surface area contributed by atoms with Gasteiger partial charge >= 0.3 is 0 Å². The molecule has 0 saturated carbocycles. The Morgan fingerprint density at radius 3 is 2.48 bits per heavy atom. The van der Waals surface area contributed by atoms with Crippen LogP contribution in [0.1, 0.15) is 25.7 Å². The molecule has 2 fully saturated rings. The van der Waals surface area contributed by atoms with Crippen LogP contribution in [-0.4, -0.2) is 77.2 Å². The van der Waals surface area contributed by atoms with Crippen molar-refractivity contribution >= 4 is 11.7 Å². The monoisotopic (exact) mass is 394 g/mol. The van der Waals surface area contributed by atoms with E-state index in [0.717, 1.165) is 68.9 Å². The number of hydrogen-bond donors (Lipinski definition) is 0. The lowest BCUT2D eigenvalue weighted by Gasteiger charge is -2.39. The van der Waals surface area contributed by atoms with Gasteiger partial charge in [-0.15, -0.1) is 10.2 Å². The molecule has 7 heteroatoms. The molecule has 1 unspecified atom stereocenters. The molecule has 0 aliphatic carbocycles. The van der Waals surface area contributed by atoms with Crippen LogP contribution in [0.25, 0.3) is 11.3 Å². The van der Waals surface area contributed by atoms with Crippen molar-refractivity contribution in [3.63, 3.8) is 0 Å². The zero-order valence-corrected chi connectivity index (χ0v) is 17.4. The summed E-state index contributed by atoms with van der Waals surface area (Å²) in [4.78, 5) is 23.7. The lowest BCUT2D eigenvalue weighted by Crippen LogP contribution is -2.49. The van der Waals surface area contributed by atoms with Crippen molar-refractivity contribution in [2.45, 2.75) is 31.7 Å². The second-order valence-electron chi connectivity index (χ2n) is 8.28. The summed E-state index contributed by atoms with van der Waals surface area (Å²) in [7, 11) is 4.14. The van der Waals surface area contributed by atoms with E-state index in [1.54, 1.807) is 12.4 Å². The molecule has 0 radical (unpaired) electrons. The average molecular weight is 395 g/mol. The maximum atomic E-state index is 13.1. The SMILES string of the molecule is CN1CCC(N(C)C(=O)C2CCCN(c3ccc(-c4ccncc4)nn3)C2)CC1. The summed E-state index contributed by atoms with van der Waals surface area (Å²) in [5.41, 5.74) is 1.84. The molecule has 4 heterocycles. The fourth-order valence-electron chi connectivity index (χ4n) is 4.41. The Kier molecular flexibility index (Phi) is 6.04. The summed E-state index contributed by atoms with van der Waals surface area (Å²) in [5.74, 6) is 1.17. The first-order valence-electron chi connectivity index (χ1n) is 10.6. The van der Waals surface area contributed by atoms with E-state index in [4.69, 9.17) is 0 Å². The van der Waals surface area contributed by atoms with Gasteiger partial charge < -0.3 is 14.7 Å². The summed E-state index contributed by atoms with van der Waals surface area (Å²) in [6, 6.07) is 8.23. The predicted octanol–water partition coefficient (Wildman–Crippen LogP) is 2.31. The van der Waals surface area contributed by atoms with Gasteiger partial charge in [0.15, 0.2) is 5.82 Å². The second-order valence-corrected chi connectivity index (χ2v) is 8.28. The van der Waals surface area contributed by atoms with Crippen LogP contribution in [0.15, 0.2) is 36.7 Å². The van der Waals surface area contributed by atoms with E-state index in [-0.39, 0.29) is 11.8 Å². The first-order valence-corrected chi connectivity index (χ1v) is 10.6. The van der Waals surface area contributed by atoms with Gasteiger partial charge in [0.2, 0.25) is 5.91 Å². The van der Waals surface area contributed by atoms with Crippen molar-refractivity contribution in [1.82, 2.24) is 25.0 Å². The minimum absolute atomic E-state index is 0.0371. The quantitative estimate of drug-likeness (QED) is 0.793. The number of amides is 1. The Hall–Kier alpha value is -2.54. The Morgan fingerprint density at radius 2 is 1.79 bits per heavy atom. The molecule has 7 nitrogen and oxygen atoms in total. The lowest BCUT2D eigenvalue weighted by atomic mass is 9.94. The van der Waals surface area contributed by atoms with Crippen molar-refractivity contribution in [2.75, 3.05) is 45.2 Å². The molecule has 29 heavy (non-hydrogen) atoms. The van der Waals surface area contributed by atoms with Crippen LogP contribution >= 0.6 is 0 Å². The molecular formula is C22H30N6O. The summed E-state index contributed by atoms with van der Waals surface area (Å²) < 4.78 is 0. The van der Waals surface area contributed by atoms with Crippen LogP contribution in [0.5, 0.6) is 0 Å². The topological polar surface area (TPSA) is 65.5 Å². The number of carbonyl (C=O) groups excluding carboxylic acids is 1. The Morgan fingerprint density at radius 1 is 1.03 bits per heavy atom. The molecule has 1 atom stereocenters. The fourth-order valence-corrected chi connectivity index (χ4v) is 4.41. The highest BCUT2D eigenvalue weighted by Gasteiger charge is 2.32. The summed E-state index contributed by atoms with van der Waals surface area (Å²) in [6.07, 6.45) is 7.60. The number of aromatic nitrogens is 3. The van der Waals surface area contributed by atoms with Gasteiger partial charge in [-0.1, -0.05) is 0 Å². The van der Waals surface area contributed by atoms with Crippen molar-refractivity contribution in [1.29, 1.82) is 0 Å². The van der Waals surface area contributed by atoms with Crippen LogP contribution in [-0.2, 0) is 4.79 Å². The van der Waals surface area contributed by atoms with E-state index in [1.807, 2.05) is 36.2 Å². The van der Waals surface area contributed by atoms with Gasteiger partial charge in [-0.2, -0.15) is 0 Å². The standard InChI is InChI=1S/C22H30N6O/c1-26-14-9-19(10-15-26)27(2)22(29)18-4-3-13-28(16-18)21-6-5-20(24-25-21)17-7-11-23-12-8-17/h5-8,11-12,18-19H,3-4,9-10,13-16H2,1-2H3. The Bertz CT molecular complexity index is 804. The number of anilines is 1. The fraction of sp³-hybridized carbons (Fsp3) is 0.545. The van der Waals surface area contributed by atoms with Gasteiger partial charge in [0.1, 0.15) is 0 Å². The molecule has 154 valence electrons. The molecule has 0 spiro atoms. The molecule has 2 saturated heterocycles. The first kappa shape index (κ1) is 19.8. The van der Waals surface area contributed by atoms with Crippen LogP contribution in [0.3, 0.4) is 0 Å². The molecule has 1 amide bonds. The summed E-state index contributed by atoms with van der Waals surface area (Å²) in [6.45, 7) is 3.78. The second kappa shape index (κ2) is 8.86. The van der Waals surface area contributed by atoms with E-state index in [9.17, 15) is 4.79 Å². The normalized spacial score (nSPS) is 21.2. The van der Waals surface area contributed by atoms with Crippen LogP contribution in [0.2, 0.25) is 0 Å². The predicted molar refractivity (Wildman–Crippen MR) is 113 cm³/mol. The number of rotatable bonds is 4. The lowest BCUT2D eigenvalue weighted by molar-refractivity contribution is -0.137. The minimum atomic E-state index is 0.0371. The largest absolute Gasteiger partial charge is 0.354 e. The molecule has 2 aromatic heterocycles. The van der Waals surface area contributed by atoms with E-state index in [1.165, 1.54) is 0 Å². The first-order chi connectivity index (χ1) is 14.1. The third-order valence-electron chi connectivity index (χ3n) is 6.30. The molecule has 0 N–H and O–H groups in total. The van der Waals surface area contributed by atoms with Crippen molar-refractivity contribution < 1.29 is 4.79 Å². The van der Waals surface area contributed by atoms with Crippen molar-refractivity contribution in [3.8, 4) is 11.3 Å². The molecule has 4 rings (SSSR count). The van der Waals surface area contributed by atoms with E-state index < -0.39 is 0 Å². The summed E-state index contributed by atoms with van der Waals surface area (Å²) >= 11 is 0. The molecule has 0 bridgehead atoms. The molecule has 2 aliphatic heterocycles. The van der Waals surface area contributed by atoms with E-state index in [2.05, 4.69) is 32.0 Å². The highest BCUT2D eigenvalue weighted by atomic mass is 16.2. The van der Waals surface area contributed by atoms with E-state index in [0.29, 0.717) is 6.04 Å². The highest BCUT2D eigenvalue weighted by molar-refractivity contribution is 5.80. The summed E-state index contributed by atoms with van der Waals surface area (Å²) in [5, 5.41) is 8.83. The number of likely N-dealkylation sites (tertiary alicyclic amines) is 1. The van der Waals surface area contributed by atoms with Crippen LogP contribution in [0.4, 0.5) is 5.82 Å². The molecule has 2 aliphatic rings. The van der Waals surface area contributed by atoms with Gasteiger partial charge in [0.05, 0.1) is 11.6 Å². The van der Waals surface area contributed by atoms with Crippen LogP contribution < -0.4 is 4.90 Å². The number of nitrogens with zero attached hydrogens (tertiary/aromatic N) is 6. The third kappa shape index (κ3) is 4.56. The molecule has 2 aromatic rings. The highest BCUT2D eigenvalue weighted by Crippen LogP contribution is 2.25. The zero-order valence-electron chi connectivity index (χ0n) is 17.4. The number of carbonyl (C=O) groups is 1. The van der Waals surface area contributed by atoms with Gasteiger partial charge in [0.25, 0.3) is 0 Å². The smallest absolute Gasteiger partial charge is 0.227 e. The minimum Gasteiger partial charge on any atom is -0.354 e. The zero-order chi connectivity index (χ0) is 20.2. The average Bonchev–Trinajstić information content (AvgIpc) is 2.79. The molecule has 0 aromatic carbocycles. The Labute approximate surface area is 172 Å². The van der Waals surface area contributed by atoms with Crippen molar-refractivity contribution in [2.24, 2.45) is 5.92 Å². The number of pyridine rings is 1. The van der Waals surface area contributed by atoms with Gasteiger partial charge in [0, 0.05) is 44.1 Å². The Balaban J connectivity index is 1.39. The van der Waals surface area contributed by atoms with Crippen molar-refractivity contribution in [3.05, 3.63) is 36.7 Å². The third-order valence-corrected chi connectivity index (χ3v) is 6.30. The molecular weight excluding hydrogens is 364 g/mol. The van der Waals surface area contributed by atoms with E-state index >= 15 is 0 Å². The maximum Gasteiger partial charge on any atom is 0.227 e.